The highest BCUT2D eigenvalue weighted by Crippen LogP contribution is 2.56. The first-order chi connectivity index (χ1) is 21.1. The molecule has 1 aliphatic heterocycles. The van der Waals surface area contributed by atoms with Crippen molar-refractivity contribution >= 4 is 51.8 Å². The number of allylic oxidation sites excluding steroid dienone is 2. The van der Waals surface area contributed by atoms with Crippen molar-refractivity contribution in [3.8, 4) is 11.3 Å². The summed E-state index contributed by atoms with van der Waals surface area (Å²) in [6.45, 7) is 5.52. The summed E-state index contributed by atoms with van der Waals surface area (Å²) in [5.74, 6) is -1.54. The van der Waals surface area contributed by atoms with Gasteiger partial charge in [-0.2, -0.15) is 0 Å². The van der Waals surface area contributed by atoms with E-state index < -0.39 is 12.6 Å². The third-order valence-corrected chi connectivity index (χ3v) is 9.78. The number of ketones is 1. The van der Waals surface area contributed by atoms with Gasteiger partial charge < -0.3 is 4.74 Å². The molecule has 4 unspecified atom stereocenters. The fourth-order valence-corrected chi connectivity index (χ4v) is 7.26. The Kier molecular flexibility index (Phi) is 6.74. The second kappa shape index (κ2) is 10.5. The van der Waals surface area contributed by atoms with Gasteiger partial charge in [0.05, 0.1) is 39.3 Å². The highest BCUT2D eigenvalue weighted by atomic mass is 35.5. The maximum absolute atomic E-state index is 13.4. The van der Waals surface area contributed by atoms with Crippen molar-refractivity contribution in [1.82, 2.24) is 4.98 Å². The minimum absolute atomic E-state index is 0.131. The van der Waals surface area contributed by atoms with E-state index in [1.807, 2.05) is 26.8 Å². The normalized spacial score (nSPS) is 22.0. The van der Waals surface area contributed by atoms with Gasteiger partial charge in [0.1, 0.15) is 0 Å². The molecule has 7 nitrogen and oxygen atoms in total. The van der Waals surface area contributed by atoms with Crippen LogP contribution in [0.1, 0.15) is 45.2 Å². The Balaban J connectivity index is 1.16. The monoisotopic (exact) mass is 604 g/mol. The maximum Gasteiger partial charge on any atom is 0.339 e. The minimum Gasteiger partial charge on any atom is -0.454 e. The molecule has 2 amide bonds. The highest BCUT2D eigenvalue weighted by Gasteiger charge is 2.60. The molecule has 3 aliphatic rings. The summed E-state index contributed by atoms with van der Waals surface area (Å²) in [4.78, 5) is 59.0. The van der Waals surface area contributed by atoms with Crippen LogP contribution in [0.4, 0.5) is 5.69 Å². The highest BCUT2D eigenvalue weighted by molar-refractivity contribution is 6.35. The van der Waals surface area contributed by atoms with E-state index in [1.54, 1.807) is 60.7 Å². The molecule has 7 rings (SSSR count). The van der Waals surface area contributed by atoms with Crippen LogP contribution in [0.5, 0.6) is 0 Å². The number of rotatable bonds is 6. The predicted molar refractivity (Wildman–Crippen MR) is 168 cm³/mol. The molecule has 3 aromatic carbocycles. The molecule has 1 saturated carbocycles. The van der Waals surface area contributed by atoms with Crippen LogP contribution in [0.3, 0.4) is 0 Å². The summed E-state index contributed by atoms with van der Waals surface area (Å²) in [5, 5.41) is 0.861. The zero-order valence-corrected chi connectivity index (χ0v) is 25.2. The number of carbonyl (C=O) groups excluding carboxylic acids is 4. The van der Waals surface area contributed by atoms with Crippen LogP contribution < -0.4 is 4.90 Å². The van der Waals surface area contributed by atoms with E-state index in [0.29, 0.717) is 38.4 Å². The van der Waals surface area contributed by atoms with Gasteiger partial charge >= 0.3 is 5.97 Å². The molecule has 4 atom stereocenters. The van der Waals surface area contributed by atoms with Gasteiger partial charge in [0.15, 0.2) is 12.4 Å². The van der Waals surface area contributed by atoms with Crippen LogP contribution >= 0.6 is 11.6 Å². The number of esters is 1. The number of Topliss-reactive ketones (excluding diaryl/α,β-unsaturated/α-hetero) is 1. The van der Waals surface area contributed by atoms with Crippen molar-refractivity contribution in [3.63, 3.8) is 0 Å². The Morgan fingerprint density at radius 3 is 2.43 bits per heavy atom. The second-order valence-electron chi connectivity index (χ2n) is 12.0. The number of nitrogens with zero attached hydrogens (tertiary/aromatic N) is 2. The van der Waals surface area contributed by atoms with Gasteiger partial charge in [-0.1, -0.05) is 59.6 Å². The van der Waals surface area contributed by atoms with Crippen LogP contribution in [0.25, 0.3) is 22.2 Å². The number of imide groups is 1. The van der Waals surface area contributed by atoms with Crippen LogP contribution in [0, 0.1) is 37.5 Å². The maximum atomic E-state index is 13.4. The second-order valence-corrected chi connectivity index (χ2v) is 12.4. The number of hydrogen-bond donors (Lipinski definition) is 0. The minimum atomic E-state index is -0.673. The standard InChI is InChI=1S/C36H29ClN2O5/c1-18-7-8-22(13-19(18)2)30(40)17-44-36(43)27-16-29(38-33-25(27)5-4-6-28(33)37)21-9-11-24(12-10-21)39-34(41)31-23-14-20(3)26(15-23)32(31)35(39)42/h4-14,16,23,26,31-32H,15,17H2,1-3H3. The molecule has 1 aromatic heterocycles. The average Bonchev–Trinajstić information content (AvgIpc) is 3.66. The molecule has 2 heterocycles. The number of anilines is 1. The molecule has 8 heteroatoms. The molecule has 1 saturated heterocycles. The molecule has 4 aromatic rings. The van der Waals surface area contributed by atoms with Gasteiger partial charge in [-0.15, -0.1) is 0 Å². The summed E-state index contributed by atoms with van der Waals surface area (Å²) in [6, 6.07) is 19.1. The van der Waals surface area contributed by atoms with Crippen molar-refractivity contribution in [3.05, 3.63) is 106 Å². The zero-order valence-electron chi connectivity index (χ0n) is 24.5. The summed E-state index contributed by atoms with van der Waals surface area (Å²) < 4.78 is 5.48. The van der Waals surface area contributed by atoms with E-state index >= 15 is 0 Å². The quantitative estimate of drug-likeness (QED) is 0.103. The molecule has 2 fully saturated rings. The Bertz CT molecular complexity index is 1950. The predicted octanol–water partition coefficient (Wildman–Crippen LogP) is 6.91. The van der Waals surface area contributed by atoms with Crippen molar-refractivity contribution in [2.45, 2.75) is 27.2 Å². The third-order valence-electron chi connectivity index (χ3n) is 9.48. The lowest BCUT2D eigenvalue weighted by molar-refractivity contribution is -0.123. The van der Waals surface area contributed by atoms with E-state index in [9.17, 15) is 19.2 Å². The number of para-hydroxylation sites is 1. The largest absolute Gasteiger partial charge is 0.454 e. The Labute approximate surface area is 259 Å². The van der Waals surface area contributed by atoms with Gasteiger partial charge in [0.2, 0.25) is 11.8 Å². The lowest BCUT2D eigenvalue weighted by atomic mass is 9.82. The number of halogens is 1. The molecule has 44 heavy (non-hydrogen) atoms. The van der Waals surface area contributed by atoms with Crippen molar-refractivity contribution in [2.75, 3.05) is 11.5 Å². The molecule has 0 spiro atoms. The number of ether oxygens (including phenoxy) is 1. The molecule has 220 valence electrons. The first kappa shape index (κ1) is 28.2. The number of aryl methyl sites for hydroxylation is 2. The Hall–Kier alpha value is -4.62. The van der Waals surface area contributed by atoms with Gasteiger partial charge in [-0.05, 0) is 80.5 Å². The van der Waals surface area contributed by atoms with E-state index in [-0.39, 0.29) is 46.8 Å². The van der Waals surface area contributed by atoms with Crippen molar-refractivity contribution < 1.29 is 23.9 Å². The van der Waals surface area contributed by atoms with E-state index in [4.69, 9.17) is 21.3 Å². The summed E-state index contributed by atoms with van der Waals surface area (Å²) >= 11 is 6.50. The molecular formula is C36H29ClN2O5. The number of hydrogen-bond acceptors (Lipinski definition) is 6. The van der Waals surface area contributed by atoms with Gasteiger partial charge in [-0.3, -0.25) is 19.3 Å². The number of amides is 2. The van der Waals surface area contributed by atoms with E-state index in [0.717, 1.165) is 17.5 Å². The summed E-state index contributed by atoms with van der Waals surface area (Å²) in [6.07, 6.45) is 3.04. The first-order valence-electron chi connectivity index (χ1n) is 14.7. The Morgan fingerprint density at radius 2 is 1.68 bits per heavy atom. The van der Waals surface area contributed by atoms with E-state index in [1.165, 1.54) is 10.5 Å². The first-order valence-corrected chi connectivity index (χ1v) is 15.0. The lowest BCUT2D eigenvalue weighted by Crippen LogP contribution is -2.32. The molecule has 2 bridgehead atoms. The SMILES string of the molecule is CC1=CC2CC1C1C(=O)N(c3ccc(-c4cc(C(=O)OCC(=O)c5ccc(C)c(C)c5)c5cccc(Cl)c5n4)cc3)C(=O)C21. The molecular weight excluding hydrogens is 576 g/mol. The number of pyridine rings is 1. The number of benzene rings is 3. The summed E-state index contributed by atoms with van der Waals surface area (Å²) in [7, 11) is 0. The fourth-order valence-electron chi connectivity index (χ4n) is 7.05. The topological polar surface area (TPSA) is 93.6 Å². The Morgan fingerprint density at radius 1 is 0.932 bits per heavy atom. The fraction of sp³-hybridized carbons (Fsp3) is 0.250. The lowest BCUT2D eigenvalue weighted by Gasteiger charge is -2.19. The van der Waals surface area contributed by atoms with Crippen LogP contribution in [0.2, 0.25) is 5.02 Å². The van der Waals surface area contributed by atoms with Crippen LogP contribution in [-0.4, -0.2) is 35.2 Å². The average molecular weight is 605 g/mol. The van der Waals surface area contributed by atoms with Crippen LogP contribution in [0.15, 0.2) is 78.4 Å². The smallest absolute Gasteiger partial charge is 0.339 e. The van der Waals surface area contributed by atoms with Crippen LogP contribution in [-0.2, 0) is 14.3 Å². The van der Waals surface area contributed by atoms with Crippen molar-refractivity contribution in [1.29, 1.82) is 0 Å². The molecule has 0 N–H and O–H groups in total. The van der Waals surface area contributed by atoms with Crippen molar-refractivity contribution in [2.24, 2.45) is 23.7 Å². The molecule has 2 aliphatic carbocycles. The molecule has 0 radical (unpaired) electrons. The number of carbonyl (C=O) groups is 4. The van der Waals surface area contributed by atoms with Gasteiger partial charge in [0, 0.05) is 16.5 Å². The number of aromatic nitrogens is 1. The van der Waals surface area contributed by atoms with E-state index in [2.05, 4.69) is 6.08 Å². The van der Waals surface area contributed by atoms with Gasteiger partial charge in [-0.25, -0.2) is 9.78 Å². The number of fused-ring (bicyclic) bond motifs is 6. The van der Waals surface area contributed by atoms with Gasteiger partial charge in [0.25, 0.3) is 0 Å². The third kappa shape index (κ3) is 4.46. The zero-order chi connectivity index (χ0) is 30.9. The summed E-state index contributed by atoms with van der Waals surface area (Å²) in [5.41, 5.74) is 6.00.